The van der Waals surface area contributed by atoms with Crippen molar-refractivity contribution in [3.63, 3.8) is 0 Å². The number of hydrogen-bond acceptors (Lipinski definition) is 2. The molecule has 1 aliphatic heterocycles. The summed E-state index contributed by atoms with van der Waals surface area (Å²) in [4.78, 5) is 14.0. The number of anilines is 1. The van der Waals surface area contributed by atoms with E-state index in [0.29, 0.717) is 0 Å². The van der Waals surface area contributed by atoms with Gasteiger partial charge < -0.3 is 5.32 Å². The van der Waals surface area contributed by atoms with Crippen molar-refractivity contribution in [3.8, 4) is 0 Å². The van der Waals surface area contributed by atoms with Crippen molar-refractivity contribution in [1.82, 2.24) is 4.90 Å². The van der Waals surface area contributed by atoms with Gasteiger partial charge in [0.1, 0.15) is 0 Å². The second kappa shape index (κ2) is 4.49. The number of amides is 1. The highest BCUT2D eigenvalue weighted by molar-refractivity contribution is 5.94. The number of rotatable bonds is 3. The summed E-state index contributed by atoms with van der Waals surface area (Å²) in [6.45, 7) is 4.55. The fourth-order valence-corrected chi connectivity index (χ4v) is 2.05. The number of carbonyl (C=O) groups excluding carboxylic acids is 1. The highest BCUT2D eigenvalue weighted by atomic mass is 16.2. The number of para-hydroxylation sites is 1. The molecule has 0 bridgehead atoms. The number of likely N-dealkylation sites (N-methyl/N-ethyl adjacent to an activating group) is 1. The normalized spacial score (nSPS) is 24.6. The zero-order chi connectivity index (χ0) is 11.5. The van der Waals surface area contributed by atoms with Crippen molar-refractivity contribution in [1.29, 1.82) is 0 Å². The van der Waals surface area contributed by atoms with Crippen LogP contribution in [0.4, 0.5) is 5.69 Å². The Labute approximate surface area is 95.8 Å². The van der Waals surface area contributed by atoms with E-state index in [9.17, 15) is 4.79 Å². The zero-order valence-corrected chi connectivity index (χ0v) is 9.39. The summed E-state index contributed by atoms with van der Waals surface area (Å²) < 4.78 is 0. The van der Waals surface area contributed by atoms with E-state index in [1.807, 2.05) is 43.5 Å². The van der Waals surface area contributed by atoms with Gasteiger partial charge in [0.15, 0.2) is 0 Å². The summed E-state index contributed by atoms with van der Waals surface area (Å²) in [5.41, 5.74) is 0.852. The van der Waals surface area contributed by atoms with E-state index in [1.165, 1.54) is 0 Å². The van der Waals surface area contributed by atoms with E-state index in [1.54, 1.807) is 0 Å². The van der Waals surface area contributed by atoms with Crippen molar-refractivity contribution < 1.29 is 4.79 Å². The van der Waals surface area contributed by atoms with Gasteiger partial charge in [-0.2, -0.15) is 0 Å². The van der Waals surface area contributed by atoms with Crippen LogP contribution in [0.3, 0.4) is 0 Å². The molecule has 0 saturated carbocycles. The number of hydrogen-bond donors (Lipinski definition) is 1. The smallest absolute Gasteiger partial charge is 0.230 e. The van der Waals surface area contributed by atoms with Gasteiger partial charge in [0, 0.05) is 18.3 Å². The quantitative estimate of drug-likeness (QED) is 0.781. The van der Waals surface area contributed by atoms with Crippen molar-refractivity contribution in [2.75, 3.05) is 18.9 Å². The molecule has 1 aromatic rings. The van der Waals surface area contributed by atoms with Crippen LogP contribution in [0, 0.1) is 5.92 Å². The Kier molecular flexibility index (Phi) is 3.06. The van der Waals surface area contributed by atoms with E-state index >= 15 is 0 Å². The molecule has 1 fully saturated rings. The first-order chi connectivity index (χ1) is 7.72. The molecule has 2 atom stereocenters. The molecule has 1 aromatic carbocycles. The molecule has 1 aliphatic rings. The number of likely N-dealkylation sites (tertiary alicyclic amines) is 1. The fraction of sp³-hybridized carbons (Fsp3) is 0.308. The first-order valence-corrected chi connectivity index (χ1v) is 5.41. The van der Waals surface area contributed by atoms with Gasteiger partial charge in [-0.05, 0) is 19.2 Å². The van der Waals surface area contributed by atoms with Crippen LogP contribution in [0.2, 0.25) is 0 Å². The van der Waals surface area contributed by atoms with Crippen LogP contribution in [0.5, 0.6) is 0 Å². The summed E-state index contributed by atoms with van der Waals surface area (Å²) in [6, 6.07) is 9.70. The van der Waals surface area contributed by atoms with Crippen LogP contribution in [0.15, 0.2) is 43.0 Å². The second-order valence-corrected chi connectivity index (χ2v) is 4.13. The van der Waals surface area contributed by atoms with Gasteiger partial charge in [-0.3, -0.25) is 9.69 Å². The highest BCUT2D eigenvalue weighted by Crippen LogP contribution is 2.25. The van der Waals surface area contributed by atoms with Crippen molar-refractivity contribution in [3.05, 3.63) is 43.0 Å². The van der Waals surface area contributed by atoms with Crippen LogP contribution in [0.25, 0.3) is 0 Å². The summed E-state index contributed by atoms with van der Waals surface area (Å²) in [5, 5.41) is 2.92. The van der Waals surface area contributed by atoms with Crippen LogP contribution < -0.4 is 5.32 Å². The zero-order valence-electron chi connectivity index (χ0n) is 9.39. The lowest BCUT2D eigenvalue weighted by Gasteiger charge is -2.43. The molecule has 2 unspecified atom stereocenters. The monoisotopic (exact) mass is 216 g/mol. The minimum absolute atomic E-state index is 0.0303. The lowest BCUT2D eigenvalue weighted by Crippen LogP contribution is -2.57. The van der Waals surface area contributed by atoms with Gasteiger partial charge in [-0.15, -0.1) is 6.58 Å². The Morgan fingerprint density at radius 1 is 1.50 bits per heavy atom. The van der Waals surface area contributed by atoms with Crippen LogP contribution in [-0.4, -0.2) is 30.4 Å². The molecule has 3 heteroatoms. The summed E-state index contributed by atoms with van der Waals surface area (Å²) in [6.07, 6.45) is 1.83. The number of nitrogens with zero attached hydrogens (tertiary/aromatic N) is 1. The molecular weight excluding hydrogens is 200 g/mol. The molecule has 0 aliphatic carbocycles. The van der Waals surface area contributed by atoms with Crippen LogP contribution in [-0.2, 0) is 4.79 Å². The number of carbonyl (C=O) groups is 1. The average Bonchev–Trinajstić information content (AvgIpc) is 2.27. The molecule has 2 rings (SSSR count). The molecule has 0 aromatic heterocycles. The first-order valence-electron chi connectivity index (χ1n) is 5.41. The minimum Gasteiger partial charge on any atom is -0.326 e. The Bertz CT molecular complexity index is 388. The molecule has 3 nitrogen and oxygen atoms in total. The largest absolute Gasteiger partial charge is 0.326 e. The molecule has 1 saturated heterocycles. The number of benzene rings is 1. The standard InChI is InChI=1S/C13H16N2O/c1-3-12-11(9-15(12)2)13(16)14-10-7-5-4-6-8-10/h3-8,11-12H,1,9H2,2H3,(H,14,16). The van der Waals surface area contributed by atoms with E-state index in [-0.39, 0.29) is 17.9 Å². The van der Waals surface area contributed by atoms with E-state index in [2.05, 4.69) is 16.8 Å². The molecule has 84 valence electrons. The van der Waals surface area contributed by atoms with Gasteiger partial charge in [-0.1, -0.05) is 24.3 Å². The van der Waals surface area contributed by atoms with Gasteiger partial charge in [0.2, 0.25) is 5.91 Å². The molecule has 1 N–H and O–H groups in total. The van der Waals surface area contributed by atoms with Crippen LogP contribution in [0.1, 0.15) is 0 Å². The maximum Gasteiger partial charge on any atom is 0.230 e. The van der Waals surface area contributed by atoms with E-state index in [4.69, 9.17) is 0 Å². The predicted octanol–water partition coefficient (Wildman–Crippen LogP) is 1.74. The summed E-state index contributed by atoms with van der Waals surface area (Å²) in [7, 11) is 2.00. The third-order valence-corrected chi connectivity index (χ3v) is 3.03. The SMILES string of the molecule is C=CC1C(C(=O)Nc2ccccc2)CN1C. The second-order valence-electron chi connectivity index (χ2n) is 4.13. The Hall–Kier alpha value is -1.61. The van der Waals surface area contributed by atoms with Crippen LogP contribution >= 0.6 is 0 Å². The third kappa shape index (κ3) is 1.99. The molecular formula is C13H16N2O. The maximum atomic E-state index is 11.9. The first kappa shape index (κ1) is 10.9. The molecule has 16 heavy (non-hydrogen) atoms. The summed E-state index contributed by atoms with van der Waals surface area (Å²) in [5.74, 6) is 0.108. The Morgan fingerprint density at radius 2 is 2.19 bits per heavy atom. The Balaban J connectivity index is 1.97. The predicted molar refractivity (Wildman–Crippen MR) is 65.2 cm³/mol. The average molecular weight is 216 g/mol. The van der Waals surface area contributed by atoms with E-state index < -0.39 is 0 Å². The van der Waals surface area contributed by atoms with Crippen molar-refractivity contribution >= 4 is 11.6 Å². The van der Waals surface area contributed by atoms with Gasteiger partial charge in [0.25, 0.3) is 0 Å². The minimum atomic E-state index is 0.0303. The third-order valence-electron chi connectivity index (χ3n) is 3.03. The van der Waals surface area contributed by atoms with E-state index in [0.717, 1.165) is 12.2 Å². The highest BCUT2D eigenvalue weighted by Gasteiger charge is 2.39. The lowest BCUT2D eigenvalue weighted by atomic mass is 9.88. The molecule has 0 spiro atoms. The van der Waals surface area contributed by atoms with Gasteiger partial charge in [-0.25, -0.2) is 0 Å². The van der Waals surface area contributed by atoms with Crippen molar-refractivity contribution in [2.24, 2.45) is 5.92 Å². The van der Waals surface area contributed by atoms with Gasteiger partial charge in [0.05, 0.1) is 5.92 Å². The number of nitrogens with one attached hydrogen (secondary N) is 1. The molecule has 1 amide bonds. The molecule has 1 heterocycles. The Morgan fingerprint density at radius 3 is 2.75 bits per heavy atom. The lowest BCUT2D eigenvalue weighted by molar-refractivity contribution is -0.126. The fourth-order valence-electron chi connectivity index (χ4n) is 2.05. The summed E-state index contributed by atoms with van der Waals surface area (Å²) >= 11 is 0. The maximum absolute atomic E-state index is 11.9. The van der Waals surface area contributed by atoms with Gasteiger partial charge >= 0.3 is 0 Å². The molecule has 0 radical (unpaired) electrons. The van der Waals surface area contributed by atoms with Crippen molar-refractivity contribution in [2.45, 2.75) is 6.04 Å². The topological polar surface area (TPSA) is 32.3 Å².